The molecule has 0 aromatic carbocycles. The Balaban J connectivity index is 2.41. The third-order valence-corrected chi connectivity index (χ3v) is 2.49. The van der Waals surface area contributed by atoms with E-state index in [0.29, 0.717) is 0 Å². The molecular formula is C10H13N2O+. The van der Waals surface area contributed by atoms with Crippen molar-refractivity contribution in [3.05, 3.63) is 34.2 Å². The van der Waals surface area contributed by atoms with Gasteiger partial charge in [-0.05, 0) is 6.07 Å². The normalized spacial score (nSPS) is 16.7. The summed E-state index contributed by atoms with van der Waals surface area (Å²) in [6, 6.07) is 3.46. The van der Waals surface area contributed by atoms with Gasteiger partial charge in [-0.1, -0.05) is 0 Å². The lowest BCUT2D eigenvalue weighted by Gasteiger charge is -1.96. The van der Waals surface area contributed by atoms with Gasteiger partial charge in [-0.15, -0.1) is 0 Å². The van der Waals surface area contributed by atoms with E-state index >= 15 is 0 Å². The molecule has 0 unspecified atom stereocenters. The highest BCUT2D eigenvalue weighted by molar-refractivity contribution is 5.97. The molecule has 1 N–H and O–H groups in total. The molecule has 1 aromatic heterocycles. The second kappa shape index (κ2) is 3.17. The number of aromatic amines is 1. The zero-order chi connectivity index (χ0) is 9.26. The lowest BCUT2D eigenvalue weighted by molar-refractivity contribution is -0.488. The standard InChI is InChI=1S/C10H12N2O/c1-12-6-2-3-9(12)8-4-5-10(13)11-7-8/h4-5,7H,2-3,6H2,1H3/p+1. The summed E-state index contributed by atoms with van der Waals surface area (Å²) in [6.45, 7) is 1.12. The predicted molar refractivity (Wildman–Crippen MR) is 51.5 cm³/mol. The summed E-state index contributed by atoms with van der Waals surface area (Å²) in [6.07, 6.45) is 4.12. The molecule has 0 fully saturated rings. The molecule has 3 heteroatoms. The van der Waals surface area contributed by atoms with E-state index in [1.54, 1.807) is 12.3 Å². The quantitative estimate of drug-likeness (QED) is 0.626. The molecule has 0 saturated carbocycles. The van der Waals surface area contributed by atoms with Gasteiger partial charge in [0.05, 0.1) is 5.56 Å². The summed E-state index contributed by atoms with van der Waals surface area (Å²) >= 11 is 0. The van der Waals surface area contributed by atoms with Crippen LogP contribution < -0.4 is 5.56 Å². The Hall–Kier alpha value is -1.38. The molecule has 0 saturated heterocycles. The van der Waals surface area contributed by atoms with E-state index in [9.17, 15) is 4.79 Å². The number of rotatable bonds is 1. The fraction of sp³-hybridized carbons (Fsp3) is 0.400. The van der Waals surface area contributed by atoms with Crippen molar-refractivity contribution in [3.63, 3.8) is 0 Å². The molecule has 0 spiro atoms. The molecule has 68 valence electrons. The van der Waals surface area contributed by atoms with Crippen molar-refractivity contribution in [1.82, 2.24) is 4.98 Å². The predicted octanol–water partition coefficient (Wildman–Crippen LogP) is 0.600. The van der Waals surface area contributed by atoms with E-state index in [1.165, 1.54) is 12.1 Å². The summed E-state index contributed by atoms with van der Waals surface area (Å²) in [5.74, 6) is 0. The zero-order valence-electron chi connectivity index (χ0n) is 7.71. The van der Waals surface area contributed by atoms with Gasteiger partial charge in [0.2, 0.25) is 5.56 Å². The van der Waals surface area contributed by atoms with Gasteiger partial charge < -0.3 is 4.98 Å². The van der Waals surface area contributed by atoms with Gasteiger partial charge in [0.1, 0.15) is 13.6 Å². The Morgan fingerprint density at radius 1 is 1.46 bits per heavy atom. The first-order chi connectivity index (χ1) is 6.27. The lowest BCUT2D eigenvalue weighted by Crippen LogP contribution is -2.13. The van der Waals surface area contributed by atoms with Crippen molar-refractivity contribution < 1.29 is 4.58 Å². The summed E-state index contributed by atoms with van der Waals surface area (Å²) in [7, 11) is 2.09. The minimum Gasteiger partial charge on any atom is -0.328 e. The number of hydrogen-bond donors (Lipinski definition) is 1. The molecule has 0 radical (unpaired) electrons. The molecule has 2 rings (SSSR count). The van der Waals surface area contributed by atoms with Crippen LogP contribution in [0.1, 0.15) is 18.4 Å². The maximum absolute atomic E-state index is 10.8. The number of H-pyrrole nitrogens is 1. The van der Waals surface area contributed by atoms with Crippen LogP contribution in [0.5, 0.6) is 0 Å². The third kappa shape index (κ3) is 1.54. The third-order valence-electron chi connectivity index (χ3n) is 2.49. The number of hydrogen-bond acceptors (Lipinski definition) is 1. The monoisotopic (exact) mass is 177 g/mol. The number of pyridine rings is 1. The summed E-state index contributed by atoms with van der Waals surface area (Å²) < 4.78 is 2.24. The topological polar surface area (TPSA) is 35.9 Å². The molecule has 0 aliphatic carbocycles. The van der Waals surface area contributed by atoms with E-state index in [4.69, 9.17) is 0 Å². The largest absolute Gasteiger partial charge is 0.328 e. The smallest absolute Gasteiger partial charge is 0.247 e. The summed E-state index contributed by atoms with van der Waals surface area (Å²) in [4.78, 5) is 13.5. The van der Waals surface area contributed by atoms with E-state index in [-0.39, 0.29) is 5.56 Å². The van der Waals surface area contributed by atoms with Gasteiger partial charge in [0.25, 0.3) is 0 Å². The zero-order valence-corrected chi connectivity index (χ0v) is 7.71. The molecule has 3 nitrogen and oxygen atoms in total. The number of nitrogens with zero attached hydrogens (tertiary/aromatic N) is 1. The van der Waals surface area contributed by atoms with Crippen LogP contribution in [-0.4, -0.2) is 28.9 Å². The van der Waals surface area contributed by atoms with Crippen molar-refractivity contribution >= 4 is 5.71 Å². The van der Waals surface area contributed by atoms with Gasteiger partial charge in [0, 0.05) is 25.1 Å². The van der Waals surface area contributed by atoms with Gasteiger partial charge in [-0.2, -0.15) is 0 Å². The van der Waals surface area contributed by atoms with Crippen LogP contribution in [-0.2, 0) is 0 Å². The molecule has 0 atom stereocenters. The lowest BCUT2D eigenvalue weighted by atomic mass is 10.1. The SMILES string of the molecule is C[N+]1=C(c2ccc(=O)[nH]c2)CCC1. The second-order valence-corrected chi connectivity index (χ2v) is 3.41. The van der Waals surface area contributed by atoms with Crippen molar-refractivity contribution in [1.29, 1.82) is 0 Å². The van der Waals surface area contributed by atoms with Crippen LogP contribution in [0.3, 0.4) is 0 Å². The molecule has 1 aromatic rings. The van der Waals surface area contributed by atoms with Crippen LogP contribution in [0.4, 0.5) is 0 Å². The highest BCUT2D eigenvalue weighted by atomic mass is 16.1. The van der Waals surface area contributed by atoms with Crippen molar-refractivity contribution in [2.45, 2.75) is 12.8 Å². The first-order valence-electron chi connectivity index (χ1n) is 4.53. The molecular weight excluding hydrogens is 164 g/mol. The number of aromatic nitrogens is 1. The Morgan fingerprint density at radius 2 is 2.31 bits per heavy atom. The Kier molecular flexibility index (Phi) is 2.00. The summed E-state index contributed by atoms with van der Waals surface area (Å²) in [5.41, 5.74) is 2.43. The van der Waals surface area contributed by atoms with Crippen LogP contribution >= 0.6 is 0 Å². The van der Waals surface area contributed by atoms with Gasteiger partial charge in [-0.25, -0.2) is 4.58 Å². The fourth-order valence-electron chi connectivity index (χ4n) is 1.76. The molecule has 13 heavy (non-hydrogen) atoms. The second-order valence-electron chi connectivity index (χ2n) is 3.41. The van der Waals surface area contributed by atoms with Crippen molar-refractivity contribution in [2.75, 3.05) is 13.6 Å². The average Bonchev–Trinajstić information content (AvgIpc) is 2.53. The van der Waals surface area contributed by atoms with Crippen LogP contribution in [0.25, 0.3) is 0 Å². The molecule has 0 amide bonds. The van der Waals surface area contributed by atoms with Gasteiger partial charge in [-0.3, -0.25) is 4.79 Å². The molecule has 0 bridgehead atoms. The maximum Gasteiger partial charge on any atom is 0.247 e. The van der Waals surface area contributed by atoms with E-state index in [1.807, 2.05) is 6.07 Å². The first-order valence-corrected chi connectivity index (χ1v) is 4.53. The maximum atomic E-state index is 10.8. The highest BCUT2D eigenvalue weighted by Crippen LogP contribution is 2.09. The van der Waals surface area contributed by atoms with Crippen molar-refractivity contribution in [2.24, 2.45) is 0 Å². The van der Waals surface area contributed by atoms with Gasteiger partial charge in [0.15, 0.2) is 5.71 Å². The highest BCUT2D eigenvalue weighted by Gasteiger charge is 2.19. The minimum atomic E-state index is -0.0370. The molecule has 1 aliphatic rings. The molecule has 1 aliphatic heterocycles. The van der Waals surface area contributed by atoms with E-state index < -0.39 is 0 Å². The van der Waals surface area contributed by atoms with Crippen LogP contribution in [0.2, 0.25) is 0 Å². The Labute approximate surface area is 76.7 Å². The summed E-state index contributed by atoms with van der Waals surface area (Å²) in [5, 5.41) is 0. The van der Waals surface area contributed by atoms with Crippen molar-refractivity contribution in [3.8, 4) is 0 Å². The van der Waals surface area contributed by atoms with E-state index in [0.717, 1.165) is 18.5 Å². The molecule has 2 heterocycles. The minimum absolute atomic E-state index is 0.0370. The van der Waals surface area contributed by atoms with Crippen LogP contribution in [0, 0.1) is 0 Å². The number of nitrogens with one attached hydrogen (secondary N) is 1. The average molecular weight is 177 g/mol. The Morgan fingerprint density at radius 3 is 2.85 bits per heavy atom. The van der Waals surface area contributed by atoms with Gasteiger partial charge >= 0.3 is 0 Å². The van der Waals surface area contributed by atoms with E-state index in [2.05, 4.69) is 16.6 Å². The Bertz CT molecular complexity index is 383. The van der Waals surface area contributed by atoms with Crippen LogP contribution in [0.15, 0.2) is 23.1 Å². The fourth-order valence-corrected chi connectivity index (χ4v) is 1.76. The first kappa shape index (κ1) is 8.23.